The number of amides is 1. The van der Waals surface area contributed by atoms with Gasteiger partial charge in [0.05, 0.1) is 12.6 Å². The largest absolute Gasteiger partial charge is 0.449 e. The number of benzene rings is 1. The molecule has 1 aliphatic heterocycles. The summed E-state index contributed by atoms with van der Waals surface area (Å²) in [6.07, 6.45) is 14.4. The first-order valence-electron chi connectivity index (χ1n) is 12.4. The van der Waals surface area contributed by atoms with Crippen molar-refractivity contribution in [3.63, 3.8) is 0 Å². The van der Waals surface area contributed by atoms with Gasteiger partial charge in [-0.05, 0) is 67.2 Å². The fourth-order valence-electron chi connectivity index (χ4n) is 5.37. The maximum atomic E-state index is 13.6. The van der Waals surface area contributed by atoms with E-state index in [4.69, 9.17) is 10.5 Å². The van der Waals surface area contributed by atoms with Crippen LogP contribution >= 0.6 is 0 Å². The summed E-state index contributed by atoms with van der Waals surface area (Å²) in [6, 6.07) is 6.58. The van der Waals surface area contributed by atoms with E-state index in [1.807, 2.05) is 4.90 Å². The van der Waals surface area contributed by atoms with Gasteiger partial charge in [0.15, 0.2) is 0 Å². The number of nitrogens with two attached hydrogens (primary N) is 1. The molecule has 0 bridgehead atoms. The summed E-state index contributed by atoms with van der Waals surface area (Å²) in [6.45, 7) is 3.31. The molecule has 1 heterocycles. The Balaban J connectivity index is 1.48. The Morgan fingerprint density at radius 1 is 1.19 bits per heavy atom. The average Bonchev–Trinajstić information content (AvgIpc) is 2.78. The van der Waals surface area contributed by atoms with E-state index in [0.29, 0.717) is 25.0 Å². The summed E-state index contributed by atoms with van der Waals surface area (Å²) in [5.74, 6) is 0.696. The van der Waals surface area contributed by atoms with Gasteiger partial charge >= 0.3 is 6.09 Å². The van der Waals surface area contributed by atoms with Gasteiger partial charge in [0, 0.05) is 12.6 Å². The number of halogens is 1. The van der Waals surface area contributed by atoms with Crippen LogP contribution in [0.5, 0.6) is 0 Å². The lowest BCUT2D eigenvalue weighted by Crippen LogP contribution is -2.43. The van der Waals surface area contributed by atoms with E-state index in [2.05, 4.69) is 19.1 Å². The Morgan fingerprint density at radius 3 is 2.69 bits per heavy atom. The third kappa shape index (κ3) is 5.43. The van der Waals surface area contributed by atoms with Crippen LogP contribution in [0.25, 0.3) is 0 Å². The Bertz CT molecular complexity index is 842. The van der Waals surface area contributed by atoms with Crippen LogP contribution in [0.1, 0.15) is 76.3 Å². The molecule has 1 unspecified atom stereocenters. The van der Waals surface area contributed by atoms with E-state index < -0.39 is 0 Å². The van der Waals surface area contributed by atoms with E-state index >= 15 is 0 Å². The molecular formula is C27H37FN2O2. The number of carbonyl (C=O) groups is 1. The van der Waals surface area contributed by atoms with E-state index in [9.17, 15) is 9.18 Å². The highest BCUT2D eigenvalue weighted by Crippen LogP contribution is 2.42. The summed E-state index contributed by atoms with van der Waals surface area (Å²) >= 11 is 0. The first-order chi connectivity index (χ1) is 15.5. The molecule has 4 nitrogen and oxygen atoms in total. The highest BCUT2D eigenvalue weighted by Gasteiger charge is 2.36. The van der Waals surface area contributed by atoms with E-state index in [0.717, 1.165) is 31.2 Å². The molecule has 1 aromatic rings. The molecule has 174 valence electrons. The molecule has 0 aromatic heterocycles. The zero-order chi connectivity index (χ0) is 22.5. The van der Waals surface area contributed by atoms with Gasteiger partial charge in [-0.25, -0.2) is 9.18 Å². The second-order valence-electron chi connectivity index (χ2n) is 9.80. The maximum Gasteiger partial charge on any atom is 0.410 e. The van der Waals surface area contributed by atoms with Crippen molar-refractivity contribution in [3.8, 4) is 0 Å². The minimum atomic E-state index is -0.276. The molecular weight excluding hydrogens is 403 g/mol. The normalized spacial score (nSPS) is 27.2. The lowest BCUT2D eigenvalue weighted by Gasteiger charge is -2.40. The second kappa shape index (κ2) is 10.7. The monoisotopic (exact) mass is 440 g/mol. The topological polar surface area (TPSA) is 55.6 Å². The SMILES string of the molecule is CCCCCCC1C=CC2=C(CCN(C(=O)OC[C@H]3C[C@@H](N)C3)[C@H]2c2ccc(F)cc2)C1. The van der Waals surface area contributed by atoms with Gasteiger partial charge in [-0.2, -0.15) is 0 Å². The highest BCUT2D eigenvalue weighted by atomic mass is 19.1. The fraction of sp³-hybridized carbons (Fsp3) is 0.593. The molecule has 5 heteroatoms. The maximum absolute atomic E-state index is 13.6. The van der Waals surface area contributed by atoms with Gasteiger partial charge in [-0.3, -0.25) is 4.90 Å². The number of hydrogen-bond acceptors (Lipinski definition) is 3. The zero-order valence-corrected chi connectivity index (χ0v) is 19.3. The minimum Gasteiger partial charge on any atom is -0.449 e. The number of hydrogen-bond donors (Lipinski definition) is 1. The highest BCUT2D eigenvalue weighted by molar-refractivity contribution is 5.70. The number of unbranched alkanes of at least 4 members (excludes halogenated alkanes) is 3. The molecule has 0 spiro atoms. The minimum absolute atomic E-state index is 0.215. The van der Waals surface area contributed by atoms with Gasteiger partial charge in [0.1, 0.15) is 5.82 Å². The van der Waals surface area contributed by atoms with Crippen molar-refractivity contribution in [1.82, 2.24) is 4.90 Å². The van der Waals surface area contributed by atoms with Gasteiger partial charge in [-0.15, -0.1) is 0 Å². The van der Waals surface area contributed by atoms with Crippen LogP contribution in [-0.4, -0.2) is 30.2 Å². The molecule has 0 saturated heterocycles. The smallest absolute Gasteiger partial charge is 0.410 e. The molecule has 2 N–H and O–H groups in total. The van der Waals surface area contributed by atoms with E-state index in [1.165, 1.54) is 55.4 Å². The lowest BCUT2D eigenvalue weighted by atomic mass is 9.79. The molecule has 32 heavy (non-hydrogen) atoms. The molecule has 1 fully saturated rings. The summed E-state index contributed by atoms with van der Waals surface area (Å²) in [4.78, 5) is 14.9. The van der Waals surface area contributed by atoms with Gasteiger partial charge < -0.3 is 10.5 Å². The number of rotatable bonds is 8. The standard InChI is InChI=1S/C27H37FN2O2/c1-2-3-4-5-6-19-7-12-25-22(15-19)13-14-30(26(25)21-8-10-23(28)11-9-21)27(31)32-18-20-16-24(29)17-20/h7-12,19-20,24,26H,2-6,13-18,29H2,1H3/t19?,20-,24+,26-/m0/s1. The number of nitrogens with zero attached hydrogens (tertiary/aromatic N) is 1. The van der Waals surface area contributed by atoms with Crippen molar-refractivity contribution in [3.05, 3.63) is 58.9 Å². The first-order valence-corrected chi connectivity index (χ1v) is 12.4. The van der Waals surface area contributed by atoms with Crippen molar-refractivity contribution in [2.75, 3.05) is 13.2 Å². The Labute approximate surface area is 191 Å². The van der Waals surface area contributed by atoms with Crippen LogP contribution in [0.3, 0.4) is 0 Å². The average molecular weight is 441 g/mol. The number of ether oxygens (including phenoxy) is 1. The summed E-state index contributed by atoms with van der Waals surface area (Å²) < 4.78 is 19.3. The molecule has 0 radical (unpaired) electrons. The Hall–Kier alpha value is -2.14. The summed E-state index contributed by atoms with van der Waals surface area (Å²) in [5.41, 5.74) is 9.43. The summed E-state index contributed by atoms with van der Waals surface area (Å²) in [7, 11) is 0. The van der Waals surface area contributed by atoms with Crippen LogP contribution in [0.15, 0.2) is 47.6 Å². The van der Waals surface area contributed by atoms with Crippen LogP contribution < -0.4 is 5.73 Å². The molecule has 2 aliphatic carbocycles. The third-order valence-electron chi connectivity index (χ3n) is 7.29. The van der Waals surface area contributed by atoms with Crippen LogP contribution in [0, 0.1) is 17.7 Å². The van der Waals surface area contributed by atoms with Crippen molar-refractivity contribution in [1.29, 1.82) is 0 Å². The predicted molar refractivity (Wildman–Crippen MR) is 126 cm³/mol. The van der Waals surface area contributed by atoms with Gasteiger partial charge in [0.2, 0.25) is 0 Å². The van der Waals surface area contributed by atoms with E-state index in [1.54, 1.807) is 12.1 Å². The molecule has 1 aromatic carbocycles. The van der Waals surface area contributed by atoms with Crippen molar-refractivity contribution in [2.24, 2.45) is 17.6 Å². The van der Waals surface area contributed by atoms with E-state index in [-0.39, 0.29) is 24.0 Å². The Morgan fingerprint density at radius 2 is 1.97 bits per heavy atom. The predicted octanol–water partition coefficient (Wildman–Crippen LogP) is 6.29. The Kier molecular flexibility index (Phi) is 7.67. The third-order valence-corrected chi connectivity index (χ3v) is 7.29. The zero-order valence-electron chi connectivity index (χ0n) is 19.3. The first kappa shape index (κ1) is 23.0. The number of allylic oxidation sites excluding steroid dienone is 1. The van der Waals surface area contributed by atoms with Crippen molar-refractivity contribution in [2.45, 2.75) is 76.8 Å². The van der Waals surface area contributed by atoms with Crippen molar-refractivity contribution < 1.29 is 13.9 Å². The molecule has 3 aliphatic rings. The van der Waals surface area contributed by atoms with Gasteiger partial charge in [-0.1, -0.05) is 62.5 Å². The van der Waals surface area contributed by atoms with Crippen LogP contribution in [0.4, 0.5) is 9.18 Å². The summed E-state index contributed by atoms with van der Waals surface area (Å²) in [5, 5.41) is 0. The van der Waals surface area contributed by atoms with Crippen LogP contribution in [0.2, 0.25) is 0 Å². The van der Waals surface area contributed by atoms with Gasteiger partial charge in [0.25, 0.3) is 0 Å². The molecule has 1 saturated carbocycles. The number of carbonyl (C=O) groups excluding carboxylic acids is 1. The van der Waals surface area contributed by atoms with Crippen LogP contribution in [-0.2, 0) is 4.74 Å². The fourth-order valence-corrected chi connectivity index (χ4v) is 5.37. The molecule has 2 atom stereocenters. The molecule has 4 rings (SSSR count). The molecule has 1 amide bonds. The second-order valence-corrected chi connectivity index (χ2v) is 9.80. The quantitative estimate of drug-likeness (QED) is 0.483. The van der Waals surface area contributed by atoms with Crippen molar-refractivity contribution >= 4 is 6.09 Å². The lowest BCUT2D eigenvalue weighted by molar-refractivity contribution is 0.0575.